The van der Waals surface area contributed by atoms with Gasteiger partial charge >= 0.3 is 0 Å². The van der Waals surface area contributed by atoms with Crippen molar-refractivity contribution in [3.8, 4) is 33.4 Å². The SMILES string of the molecule is c1ccc(-c2cc(-c3cc4ccc5cccc6ccc(c3)c4c56)cc3c2-c2cc4ccccc4cc2C3(c2ccccc2)c2ccccc2)cc1. The summed E-state index contributed by atoms with van der Waals surface area (Å²) < 4.78 is 0. The molecule has 0 fully saturated rings. The van der Waals surface area contributed by atoms with Gasteiger partial charge in [0.2, 0.25) is 0 Å². The first-order valence-electron chi connectivity index (χ1n) is 17.8. The van der Waals surface area contributed by atoms with Crippen LogP contribution in [0.3, 0.4) is 0 Å². The zero-order valence-corrected chi connectivity index (χ0v) is 28.0. The molecular weight excluding hydrogens is 613 g/mol. The highest BCUT2D eigenvalue weighted by Gasteiger charge is 2.47. The minimum absolute atomic E-state index is 0.521. The molecule has 51 heavy (non-hydrogen) atoms. The van der Waals surface area contributed by atoms with E-state index < -0.39 is 5.41 Å². The van der Waals surface area contributed by atoms with E-state index in [4.69, 9.17) is 0 Å². The molecule has 10 aromatic rings. The van der Waals surface area contributed by atoms with Crippen LogP contribution in [0.15, 0.2) is 194 Å². The zero-order chi connectivity index (χ0) is 33.5. The topological polar surface area (TPSA) is 0 Å². The highest BCUT2D eigenvalue weighted by Crippen LogP contribution is 2.60. The molecule has 0 nitrogen and oxygen atoms in total. The molecule has 1 aliphatic rings. The van der Waals surface area contributed by atoms with Crippen LogP contribution >= 0.6 is 0 Å². The van der Waals surface area contributed by atoms with Crippen molar-refractivity contribution in [1.82, 2.24) is 0 Å². The Kier molecular flexibility index (Phi) is 5.97. The first kappa shape index (κ1) is 28.3. The van der Waals surface area contributed by atoms with E-state index in [0.29, 0.717) is 0 Å². The van der Waals surface area contributed by atoms with Gasteiger partial charge in [-0.25, -0.2) is 0 Å². The summed E-state index contributed by atoms with van der Waals surface area (Å²) in [4.78, 5) is 0. The van der Waals surface area contributed by atoms with Crippen LogP contribution in [0, 0.1) is 0 Å². The molecular formula is C51H32. The van der Waals surface area contributed by atoms with E-state index in [2.05, 4.69) is 194 Å². The number of fused-ring (bicyclic) bond motifs is 4. The summed E-state index contributed by atoms with van der Waals surface area (Å²) in [6.45, 7) is 0. The molecule has 1 aliphatic carbocycles. The molecule has 236 valence electrons. The van der Waals surface area contributed by atoms with Crippen molar-refractivity contribution in [2.75, 3.05) is 0 Å². The van der Waals surface area contributed by atoms with Gasteiger partial charge in [-0.3, -0.25) is 0 Å². The van der Waals surface area contributed by atoms with Gasteiger partial charge in [0.05, 0.1) is 5.41 Å². The fourth-order valence-electron chi connectivity index (χ4n) is 9.23. The molecule has 0 aliphatic heterocycles. The summed E-state index contributed by atoms with van der Waals surface area (Å²) in [5.41, 5.74) is 12.3. The first-order valence-corrected chi connectivity index (χ1v) is 17.8. The van der Waals surface area contributed by atoms with Crippen LogP contribution in [0.1, 0.15) is 22.3 Å². The van der Waals surface area contributed by atoms with Crippen LogP contribution in [0.4, 0.5) is 0 Å². The van der Waals surface area contributed by atoms with E-state index in [1.165, 1.54) is 98.7 Å². The van der Waals surface area contributed by atoms with Crippen molar-refractivity contribution in [3.63, 3.8) is 0 Å². The Hall–Kier alpha value is -6.50. The lowest BCUT2D eigenvalue weighted by atomic mass is 9.67. The zero-order valence-electron chi connectivity index (χ0n) is 28.0. The van der Waals surface area contributed by atoms with Crippen LogP contribution < -0.4 is 0 Å². The Labute approximate surface area is 297 Å². The molecule has 0 spiro atoms. The summed E-state index contributed by atoms with van der Waals surface area (Å²) >= 11 is 0. The minimum Gasteiger partial charge on any atom is -0.0622 e. The third kappa shape index (κ3) is 4.02. The lowest BCUT2D eigenvalue weighted by molar-refractivity contribution is 0.770. The Bertz CT molecular complexity index is 2830. The van der Waals surface area contributed by atoms with E-state index in [9.17, 15) is 0 Å². The van der Waals surface area contributed by atoms with E-state index in [1.807, 2.05) is 0 Å². The van der Waals surface area contributed by atoms with Crippen molar-refractivity contribution in [2.45, 2.75) is 5.41 Å². The highest BCUT2D eigenvalue weighted by molar-refractivity contribution is 6.23. The molecule has 0 radical (unpaired) electrons. The molecule has 0 amide bonds. The van der Waals surface area contributed by atoms with Crippen molar-refractivity contribution in [3.05, 3.63) is 216 Å². The van der Waals surface area contributed by atoms with E-state index >= 15 is 0 Å². The van der Waals surface area contributed by atoms with Gasteiger partial charge in [0.1, 0.15) is 0 Å². The largest absolute Gasteiger partial charge is 0.0714 e. The van der Waals surface area contributed by atoms with Crippen molar-refractivity contribution in [1.29, 1.82) is 0 Å². The van der Waals surface area contributed by atoms with Crippen LogP contribution in [-0.4, -0.2) is 0 Å². The lowest BCUT2D eigenvalue weighted by Gasteiger charge is -2.34. The molecule has 11 rings (SSSR count). The van der Waals surface area contributed by atoms with Crippen LogP contribution in [0.25, 0.3) is 76.5 Å². The fraction of sp³-hybridized carbons (Fsp3) is 0.0196. The van der Waals surface area contributed by atoms with E-state index in [1.54, 1.807) is 0 Å². The molecule has 0 heteroatoms. The minimum atomic E-state index is -0.521. The second-order valence-corrected chi connectivity index (χ2v) is 14.0. The van der Waals surface area contributed by atoms with Gasteiger partial charge in [-0.1, -0.05) is 158 Å². The van der Waals surface area contributed by atoms with Gasteiger partial charge in [-0.05, 0) is 135 Å². The Balaban J connectivity index is 1.30. The van der Waals surface area contributed by atoms with Crippen LogP contribution in [0.5, 0.6) is 0 Å². The Morgan fingerprint density at radius 1 is 0.275 bits per heavy atom. The molecule has 0 saturated carbocycles. The molecule has 0 unspecified atom stereocenters. The predicted molar refractivity (Wildman–Crippen MR) is 216 cm³/mol. The monoisotopic (exact) mass is 644 g/mol. The molecule has 0 atom stereocenters. The average molecular weight is 645 g/mol. The van der Waals surface area contributed by atoms with Gasteiger partial charge in [0.25, 0.3) is 0 Å². The van der Waals surface area contributed by atoms with Gasteiger partial charge in [-0.15, -0.1) is 0 Å². The summed E-state index contributed by atoms with van der Waals surface area (Å²) in [6, 6.07) is 72.6. The van der Waals surface area contributed by atoms with Crippen molar-refractivity contribution >= 4 is 43.1 Å². The lowest BCUT2D eigenvalue weighted by Crippen LogP contribution is -2.28. The molecule has 0 bridgehead atoms. The average Bonchev–Trinajstić information content (AvgIpc) is 3.49. The van der Waals surface area contributed by atoms with E-state index in [0.717, 1.165) is 0 Å². The van der Waals surface area contributed by atoms with Crippen LogP contribution in [-0.2, 0) is 5.41 Å². The predicted octanol–water partition coefficient (Wildman–Crippen LogP) is 13.4. The summed E-state index contributed by atoms with van der Waals surface area (Å²) in [5, 5.41) is 10.4. The smallest absolute Gasteiger partial charge is 0.0622 e. The molecule has 0 heterocycles. The second kappa shape index (κ2) is 10.7. The summed E-state index contributed by atoms with van der Waals surface area (Å²) in [6.07, 6.45) is 0. The maximum atomic E-state index is 2.51. The maximum absolute atomic E-state index is 2.51. The quantitative estimate of drug-likeness (QED) is 0.167. The van der Waals surface area contributed by atoms with Gasteiger partial charge in [0.15, 0.2) is 0 Å². The molecule has 0 N–H and O–H groups in total. The molecule has 10 aromatic carbocycles. The van der Waals surface area contributed by atoms with Crippen molar-refractivity contribution in [2.24, 2.45) is 0 Å². The Morgan fingerprint density at radius 3 is 1.39 bits per heavy atom. The normalized spacial score (nSPS) is 13.3. The Morgan fingerprint density at radius 2 is 0.765 bits per heavy atom. The third-order valence-electron chi connectivity index (χ3n) is 11.4. The highest BCUT2D eigenvalue weighted by atomic mass is 14.5. The van der Waals surface area contributed by atoms with Gasteiger partial charge in [-0.2, -0.15) is 0 Å². The second-order valence-electron chi connectivity index (χ2n) is 14.0. The first-order chi connectivity index (χ1) is 25.3. The van der Waals surface area contributed by atoms with Gasteiger partial charge in [0, 0.05) is 0 Å². The summed E-state index contributed by atoms with van der Waals surface area (Å²) in [7, 11) is 0. The molecule has 0 saturated heterocycles. The summed E-state index contributed by atoms with van der Waals surface area (Å²) in [5.74, 6) is 0. The number of rotatable bonds is 4. The number of benzene rings is 10. The fourth-order valence-corrected chi connectivity index (χ4v) is 9.23. The van der Waals surface area contributed by atoms with Crippen LogP contribution in [0.2, 0.25) is 0 Å². The van der Waals surface area contributed by atoms with E-state index in [-0.39, 0.29) is 0 Å². The number of hydrogen-bond donors (Lipinski definition) is 0. The van der Waals surface area contributed by atoms with Crippen molar-refractivity contribution < 1.29 is 0 Å². The molecule has 0 aromatic heterocycles. The van der Waals surface area contributed by atoms with Gasteiger partial charge < -0.3 is 0 Å². The number of hydrogen-bond acceptors (Lipinski definition) is 0. The standard InChI is InChI=1S/C51H32/c1-4-13-33(14-5-1)44-30-41(40-27-38-25-23-34-17-12-18-35-24-26-39(28-40)49(38)48(34)35)32-47-50(44)45-29-36-15-10-11-16-37(36)31-46(45)51(47,42-19-6-2-7-20-42)43-21-8-3-9-22-43/h1-32H. The maximum Gasteiger partial charge on any atom is 0.0714 e. The third-order valence-corrected chi connectivity index (χ3v) is 11.4.